The number of rotatable bonds is 3. The molecular weight excluding hydrogens is 152 g/mol. The van der Waals surface area contributed by atoms with Gasteiger partial charge in [0.05, 0.1) is 5.60 Å². The maximum atomic E-state index is 10.2. The molecule has 1 heterocycles. The molecule has 2 N–H and O–H groups in total. The van der Waals surface area contributed by atoms with E-state index in [2.05, 4.69) is 31.1 Å². The number of β-amino-alcohol motifs (C(OH)–C–C–N with tert-alkyl or cyclic N) is 1. The van der Waals surface area contributed by atoms with Gasteiger partial charge >= 0.3 is 0 Å². The first-order valence-electron chi connectivity index (χ1n) is 4.73. The average Bonchev–Trinajstić information content (AvgIpc) is 2.33. The SMILES string of the molecule is CCNC(C)C1(O)CCN(C)C1. The number of nitrogens with one attached hydrogen (secondary N) is 1. The molecule has 12 heavy (non-hydrogen) atoms. The Bertz CT molecular complexity index is 151. The summed E-state index contributed by atoms with van der Waals surface area (Å²) in [7, 11) is 2.05. The Kier molecular flexibility index (Phi) is 3.09. The minimum atomic E-state index is -0.509. The number of likely N-dealkylation sites (N-methyl/N-ethyl adjacent to an activating group) is 2. The minimum Gasteiger partial charge on any atom is -0.387 e. The first-order chi connectivity index (χ1) is 5.58. The fourth-order valence-electron chi connectivity index (χ4n) is 1.86. The zero-order valence-corrected chi connectivity index (χ0v) is 8.30. The van der Waals surface area contributed by atoms with Gasteiger partial charge in [-0.15, -0.1) is 0 Å². The summed E-state index contributed by atoms with van der Waals surface area (Å²) in [5.74, 6) is 0. The number of hydrogen-bond acceptors (Lipinski definition) is 3. The van der Waals surface area contributed by atoms with Crippen molar-refractivity contribution in [2.45, 2.75) is 31.9 Å². The summed E-state index contributed by atoms with van der Waals surface area (Å²) in [5.41, 5.74) is -0.509. The van der Waals surface area contributed by atoms with Gasteiger partial charge in [0.1, 0.15) is 0 Å². The van der Waals surface area contributed by atoms with Gasteiger partial charge in [0.15, 0.2) is 0 Å². The number of likely N-dealkylation sites (tertiary alicyclic amines) is 1. The van der Waals surface area contributed by atoms with E-state index in [0.717, 1.165) is 26.1 Å². The Hall–Kier alpha value is -0.120. The fraction of sp³-hybridized carbons (Fsp3) is 1.00. The van der Waals surface area contributed by atoms with Gasteiger partial charge in [0.25, 0.3) is 0 Å². The lowest BCUT2D eigenvalue weighted by Crippen LogP contribution is -2.50. The monoisotopic (exact) mass is 172 g/mol. The maximum Gasteiger partial charge on any atom is 0.0935 e. The van der Waals surface area contributed by atoms with Gasteiger partial charge < -0.3 is 15.3 Å². The predicted molar refractivity (Wildman–Crippen MR) is 50.2 cm³/mol. The Morgan fingerprint density at radius 3 is 2.75 bits per heavy atom. The molecule has 0 radical (unpaired) electrons. The standard InChI is InChI=1S/C9H20N2O/c1-4-10-8(2)9(12)5-6-11(3)7-9/h8,10,12H,4-7H2,1-3H3. The summed E-state index contributed by atoms with van der Waals surface area (Å²) in [6.45, 7) is 6.85. The molecule has 1 saturated heterocycles. The largest absolute Gasteiger partial charge is 0.387 e. The summed E-state index contributed by atoms with van der Waals surface area (Å²) in [5, 5.41) is 13.4. The van der Waals surface area contributed by atoms with Gasteiger partial charge in [-0.3, -0.25) is 0 Å². The van der Waals surface area contributed by atoms with Crippen LogP contribution in [0.15, 0.2) is 0 Å². The van der Waals surface area contributed by atoms with Crippen LogP contribution in [0.5, 0.6) is 0 Å². The van der Waals surface area contributed by atoms with Crippen LogP contribution in [-0.4, -0.2) is 48.3 Å². The molecule has 2 unspecified atom stereocenters. The highest BCUT2D eigenvalue weighted by Crippen LogP contribution is 2.23. The van der Waals surface area contributed by atoms with E-state index in [-0.39, 0.29) is 6.04 Å². The Morgan fingerprint density at radius 1 is 1.67 bits per heavy atom. The summed E-state index contributed by atoms with van der Waals surface area (Å²) in [6, 6.07) is 0.201. The maximum absolute atomic E-state index is 10.2. The normalized spacial score (nSPS) is 34.0. The van der Waals surface area contributed by atoms with Crippen molar-refractivity contribution in [2.24, 2.45) is 0 Å². The van der Waals surface area contributed by atoms with E-state index < -0.39 is 5.60 Å². The Labute approximate surface area is 74.8 Å². The third-order valence-electron chi connectivity index (χ3n) is 2.79. The molecule has 1 aliphatic rings. The average molecular weight is 172 g/mol. The molecule has 1 rings (SSSR count). The second kappa shape index (κ2) is 3.73. The van der Waals surface area contributed by atoms with Gasteiger partial charge in [-0.1, -0.05) is 6.92 Å². The first kappa shape index (κ1) is 9.96. The van der Waals surface area contributed by atoms with Crippen molar-refractivity contribution < 1.29 is 5.11 Å². The van der Waals surface area contributed by atoms with Crippen molar-refractivity contribution >= 4 is 0 Å². The smallest absolute Gasteiger partial charge is 0.0935 e. The van der Waals surface area contributed by atoms with Crippen LogP contribution in [-0.2, 0) is 0 Å². The van der Waals surface area contributed by atoms with Crippen molar-refractivity contribution in [3.63, 3.8) is 0 Å². The lowest BCUT2D eigenvalue weighted by Gasteiger charge is -2.30. The second-order valence-electron chi connectivity index (χ2n) is 3.87. The lowest BCUT2D eigenvalue weighted by atomic mass is 9.94. The fourth-order valence-corrected chi connectivity index (χ4v) is 1.86. The Morgan fingerprint density at radius 2 is 2.33 bits per heavy atom. The second-order valence-corrected chi connectivity index (χ2v) is 3.87. The first-order valence-corrected chi connectivity index (χ1v) is 4.73. The summed E-state index contributed by atoms with van der Waals surface area (Å²) >= 11 is 0. The molecular formula is C9H20N2O. The molecule has 0 aliphatic carbocycles. The lowest BCUT2D eigenvalue weighted by molar-refractivity contribution is 0.0193. The van der Waals surface area contributed by atoms with Gasteiger partial charge in [-0.2, -0.15) is 0 Å². The van der Waals surface area contributed by atoms with Crippen molar-refractivity contribution in [3.05, 3.63) is 0 Å². The van der Waals surface area contributed by atoms with E-state index >= 15 is 0 Å². The van der Waals surface area contributed by atoms with E-state index in [4.69, 9.17) is 0 Å². The van der Waals surface area contributed by atoms with Gasteiger partial charge in [-0.05, 0) is 26.9 Å². The minimum absolute atomic E-state index is 0.201. The third-order valence-corrected chi connectivity index (χ3v) is 2.79. The molecule has 0 spiro atoms. The van der Waals surface area contributed by atoms with Gasteiger partial charge in [-0.25, -0.2) is 0 Å². The van der Waals surface area contributed by atoms with Crippen LogP contribution < -0.4 is 5.32 Å². The van der Waals surface area contributed by atoms with E-state index in [1.165, 1.54) is 0 Å². The predicted octanol–water partition coefficient (Wildman–Crippen LogP) is 0.0510. The molecule has 72 valence electrons. The van der Waals surface area contributed by atoms with E-state index in [0.29, 0.717) is 0 Å². The molecule has 2 atom stereocenters. The number of nitrogens with zero attached hydrogens (tertiary/aromatic N) is 1. The highest BCUT2D eigenvalue weighted by Gasteiger charge is 2.38. The van der Waals surface area contributed by atoms with Crippen LogP contribution >= 0.6 is 0 Å². The summed E-state index contributed by atoms with van der Waals surface area (Å²) in [6.07, 6.45) is 0.887. The molecule has 0 bridgehead atoms. The molecule has 3 nitrogen and oxygen atoms in total. The van der Waals surface area contributed by atoms with Crippen LogP contribution in [0, 0.1) is 0 Å². The number of aliphatic hydroxyl groups is 1. The Balaban J connectivity index is 2.48. The van der Waals surface area contributed by atoms with Crippen LogP contribution in [0.25, 0.3) is 0 Å². The summed E-state index contributed by atoms with van der Waals surface area (Å²) < 4.78 is 0. The van der Waals surface area contributed by atoms with Gasteiger partial charge in [0, 0.05) is 19.1 Å². The molecule has 1 fully saturated rings. The van der Waals surface area contributed by atoms with Crippen LogP contribution in [0.1, 0.15) is 20.3 Å². The summed E-state index contributed by atoms with van der Waals surface area (Å²) in [4.78, 5) is 2.17. The van der Waals surface area contributed by atoms with Crippen molar-refractivity contribution in [1.82, 2.24) is 10.2 Å². The molecule has 0 aromatic carbocycles. The van der Waals surface area contributed by atoms with Crippen molar-refractivity contribution in [2.75, 3.05) is 26.7 Å². The van der Waals surface area contributed by atoms with Crippen LogP contribution in [0.2, 0.25) is 0 Å². The molecule has 0 aromatic heterocycles. The molecule has 3 heteroatoms. The third kappa shape index (κ3) is 1.97. The van der Waals surface area contributed by atoms with E-state index in [9.17, 15) is 5.11 Å². The van der Waals surface area contributed by atoms with Crippen LogP contribution in [0.3, 0.4) is 0 Å². The van der Waals surface area contributed by atoms with E-state index in [1.54, 1.807) is 0 Å². The van der Waals surface area contributed by atoms with Crippen LogP contribution in [0.4, 0.5) is 0 Å². The molecule has 0 aromatic rings. The number of hydrogen-bond donors (Lipinski definition) is 2. The van der Waals surface area contributed by atoms with Gasteiger partial charge in [0.2, 0.25) is 0 Å². The van der Waals surface area contributed by atoms with E-state index in [1.807, 2.05) is 0 Å². The van der Waals surface area contributed by atoms with Crippen molar-refractivity contribution in [3.8, 4) is 0 Å². The molecule has 0 saturated carbocycles. The van der Waals surface area contributed by atoms with Crippen molar-refractivity contribution in [1.29, 1.82) is 0 Å². The zero-order chi connectivity index (χ0) is 9.19. The zero-order valence-electron chi connectivity index (χ0n) is 8.30. The molecule has 1 aliphatic heterocycles. The highest BCUT2D eigenvalue weighted by molar-refractivity contribution is 4.96. The molecule has 0 amide bonds. The quantitative estimate of drug-likeness (QED) is 0.631. The highest BCUT2D eigenvalue weighted by atomic mass is 16.3. The topological polar surface area (TPSA) is 35.5 Å².